The van der Waals surface area contributed by atoms with Gasteiger partial charge >= 0.3 is 0 Å². The molecule has 2 rings (SSSR count). The maximum Gasteiger partial charge on any atom is 0.242 e. The van der Waals surface area contributed by atoms with Crippen LogP contribution in [0.15, 0.2) is 17.0 Å². The highest BCUT2D eigenvalue weighted by atomic mass is 35.5. The van der Waals surface area contributed by atoms with Crippen molar-refractivity contribution in [2.45, 2.75) is 36.7 Å². The van der Waals surface area contributed by atoms with Gasteiger partial charge < -0.3 is 5.11 Å². The van der Waals surface area contributed by atoms with Crippen LogP contribution in [0.5, 0.6) is 0 Å². The normalized spacial score (nSPS) is 18.1. The lowest BCUT2D eigenvalue weighted by molar-refractivity contribution is -0.0270. The van der Waals surface area contributed by atoms with Crippen molar-refractivity contribution in [3.05, 3.63) is 28.5 Å². The van der Waals surface area contributed by atoms with Crippen LogP contribution in [-0.4, -0.2) is 25.7 Å². The van der Waals surface area contributed by atoms with Crippen molar-refractivity contribution in [2.24, 2.45) is 0 Å². The van der Waals surface area contributed by atoms with E-state index in [1.54, 1.807) is 0 Å². The Morgan fingerprint density at radius 2 is 2.11 bits per heavy atom. The first-order chi connectivity index (χ1) is 8.73. The minimum absolute atomic E-state index is 0.0535. The van der Waals surface area contributed by atoms with Crippen LogP contribution in [0.2, 0.25) is 5.02 Å². The van der Waals surface area contributed by atoms with Gasteiger partial charge in [-0.1, -0.05) is 11.6 Å². The highest BCUT2D eigenvalue weighted by Gasteiger charge is 2.35. The van der Waals surface area contributed by atoms with Gasteiger partial charge in [-0.25, -0.2) is 17.5 Å². The van der Waals surface area contributed by atoms with Crippen molar-refractivity contribution in [3.63, 3.8) is 0 Å². The Morgan fingerprint density at radius 3 is 2.63 bits per heavy atom. The summed E-state index contributed by atoms with van der Waals surface area (Å²) in [6, 6.07) is 2.16. The molecule has 1 aromatic carbocycles. The van der Waals surface area contributed by atoms with Crippen LogP contribution in [0.4, 0.5) is 4.39 Å². The molecule has 4 nitrogen and oxygen atoms in total. The monoisotopic (exact) mass is 307 g/mol. The number of aliphatic hydroxyl groups is 1. The zero-order valence-electron chi connectivity index (χ0n) is 10.4. The van der Waals surface area contributed by atoms with Gasteiger partial charge in [0.05, 0.1) is 10.6 Å². The predicted molar refractivity (Wildman–Crippen MR) is 70.1 cm³/mol. The molecule has 106 valence electrons. The Hall–Kier alpha value is -0.690. The summed E-state index contributed by atoms with van der Waals surface area (Å²) in [7, 11) is -3.85. The molecule has 0 unspecified atom stereocenters. The second-order valence-corrected chi connectivity index (χ2v) is 7.08. The zero-order valence-corrected chi connectivity index (χ0v) is 12.0. The van der Waals surface area contributed by atoms with Crippen molar-refractivity contribution in [2.75, 3.05) is 6.54 Å². The van der Waals surface area contributed by atoms with Crippen LogP contribution in [0.25, 0.3) is 0 Å². The molecule has 0 aromatic heterocycles. The fourth-order valence-corrected chi connectivity index (χ4v) is 3.62. The molecular formula is C12H15ClFNO3S. The van der Waals surface area contributed by atoms with E-state index in [-0.39, 0.29) is 22.0 Å². The summed E-state index contributed by atoms with van der Waals surface area (Å²) in [5.74, 6) is -0.554. The molecule has 0 radical (unpaired) electrons. The average molecular weight is 308 g/mol. The van der Waals surface area contributed by atoms with E-state index in [0.29, 0.717) is 12.8 Å². The zero-order chi connectivity index (χ0) is 14.3. The first-order valence-electron chi connectivity index (χ1n) is 5.91. The van der Waals surface area contributed by atoms with Crippen LogP contribution in [0.1, 0.15) is 24.8 Å². The molecule has 1 aromatic rings. The molecule has 1 aliphatic carbocycles. The van der Waals surface area contributed by atoms with Gasteiger partial charge in [-0.3, -0.25) is 0 Å². The Morgan fingerprint density at radius 1 is 1.47 bits per heavy atom. The van der Waals surface area contributed by atoms with Crippen LogP contribution in [-0.2, 0) is 10.0 Å². The summed E-state index contributed by atoms with van der Waals surface area (Å²) in [5, 5.41) is 9.70. The van der Waals surface area contributed by atoms with Crippen LogP contribution >= 0.6 is 11.6 Å². The minimum atomic E-state index is -3.85. The number of aryl methyl sites for hydroxylation is 1. The lowest BCUT2D eigenvalue weighted by Gasteiger charge is -2.36. The first kappa shape index (κ1) is 14.7. The van der Waals surface area contributed by atoms with Gasteiger partial charge in [0, 0.05) is 6.54 Å². The molecule has 0 heterocycles. The number of hydrogen-bond acceptors (Lipinski definition) is 3. The van der Waals surface area contributed by atoms with Gasteiger partial charge in [0.15, 0.2) is 0 Å². The number of nitrogens with one attached hydrogen (secondary N) is 1. The number of halogens is 2. The van der Waals surface area contributed by atoms with Crippen molar-refractivity contribution in [1.82, 2.24) is 4.72 Å². The van der Waals surface area contributed by atoms with Gasteiger partial charge in [0.1, 0.15) is 10.7 Å². The Kier molecular flexibility index (Phi) is 3.88. The molecular weight excluding hydrogens is 293 g/mol. The number of benzene rings is 1. The van der Waals surface area contributed by atoms with Crippen LogP contribution in [0, 0.1) is 12.7 Å². The largest absolute Gasteiger partial charge is 0.389 e. The van der Waals surface area contributed by atoms with E-state index >= 15 is 0 Å². The highest BCUT2D eigenvalue weighted by molar-refractivity contribution is 7.89. The molecule has 1 saturated carbocycles. The maximum absolute atomic E-state index is 13.2. The SMILES string of the molecule is Cc1cc(S(=O)(=O)NCC2(O)CCC2)c(Cl)cc1F. The molecule has 0 saturated heterocycles. The average Bonchev–Trinajstić information content (AvgIpc) is 2.28. The first-order valence-corrected chi connectivity index (χ1v) is 7.77. The molecule has 0 atom stereocenters. The standard InChI is InChI=1S/C12H15ClFNO3S/c1-8-5-11(9(13)6-10(8)14)19(17,18)15-7-12(16)3-2-4-12/h5-6,15-16H,2-4,7H2,1H3. The molecule has 0 bridgehead atoms. The van der Waals surface area contributed by atoms with E-state index in [9.17, 15) is 17.9 Å². The maximum atomic E-state index is 13.2. The molecule has 0 spiro atoms. The number of hydrogen-bond donors (Lipinski definition) is 2. The summed E-state index contributed by atoms with van der Waals surface area (Å²) in [6.45, 7) is 1.41. The lowest BCUT2D eigenvalue weighted by atomic mass is 9.81. The van der Waals surface area contributed by atoms with E-state index < -0.39 is 21.4 Å². The molecule has 0 aliphatic heterocycles. The van der Waals surface area contributed by atoms with Gasteiger partial charge in [0.2, 0.25) is 10.0 Å². The lowest BCUT2D eigenvalue weighted by Crippen LogP contribution is -2.47. The Labute approximate surface area is 116 Å². The summed E-state index contributed by atoms with van der Waals surface area (Å²) < 4.78 is 39.7. The van der Waals surface area contributed by atoms with Crippen molar-refractivity contribution >= 4 is 21.6 Å². The summed E-state index contributed by atoms with van der Waals surface area (Å²) >= 11 is 5.76. The van der Waals surface area contributed by atoms with E-state index in [4.69, 9.17) is 11.6 Å². The summed E-state index contributed by atoms with van der Waals surface area (Å²) in [4.78, 5) is -0.170. The topological polar surface area (TPSA) is 66.4 Å². The fraction of sp³-hybridized carbons (Fsp3) is 0.500. The second kappa shape index (κ2) is 5.01. The number of rotatable bonds is 4. The molecule has 0 amide bonds. The van der Waals surface area contributed by atoms with Gasteiger partial charge in [0.25, 0.3) is 0 Å². The molecule has 1 aliphatic rings. The molecule has 2 N–H and O–H groups in total. The third-order valence-electron chi connectivity index (χ3n) is 3.38. The summed E-state index contributed by atoms with van der Waals surface area (Å²) in [6.07, 6.45) is 2.03. The van der Waals surface area contributed by atoms with E-state index in [1.807, 2.05) is 0 Å². The second-order valence-electron chi connectivity index (χ2n) is 4.93. The van der Waals surface area contributed by atoms with E-state index in [1.165, 1.54) is 13.0 Å². The van der Waals surface area contributed by atoms with E-state index in [2.05, 4.69) is 4.72 Å². The minimum Gasteiger partial charge on any atom is -0.389 e. The fourth-order valence-electron chi connectivity index (χ4n) is 1.91. The van der Waals surface area contributed by atoms with Gasteiger partial charge in [-0.05, 0) is 43.9 Å². The molecule has 7 heteroatoms. The quantitative estimate of drug-likeness (QED) is 0.894. The Bertz CT molecular complexity index is 599. The third-order valence-corrected chi connectivity index (χ3v) is 5.24. The van der Waals surface area contributed by atoms with Gasteiger partial charge in [-0.15, -0.1) is 0 Å². The highest BCUT2D eigenvalue weighted by Crippen LogP contribution is 2.31. The summed E-state index contributed by atoms with van der Waals surface area (Å²) in [5.41, 5.74) is -0.763. The van der Waals surface area contributed by atoms with Crippen molar-refractivity contribution < 1.29 is 17.9 Å². The van der Waals surface area contributed by atoms with Crippen molar-refractivity contribution in [3.8, 4) is 0 Å². The smallest absolute Gasteiger partial charge is 0.242 e. The number of sulfonamides is 1. The van der Waals surface area contributed by atoms with Crippen LogP contribution < -0.4 is 4.72 Å². The predicted octanol–water partition coefficient (Wildman–Crippen LogP) is 1.98. The third kappa shape index (κ3) is 3.08. The van der Waals surface area contributed by atoms with Crippen LogP contribution in [0.3, 0.4) is 0 Å². The van der Waals surface area contributed by atoms with Crippen molar-refractivity contribution in [1.29, 1.82) is 0 Å². The van der Waals surface area contributed by atoms with Gasteiger partial charge in [-0.2, -0.15) is 0 Å². The Balaban J connectivity index is 2.22. The molecule has 19 heavy (non-hydrogen) atoms. The molecule has 1 fully saturated rings. The van der Waals surface area contributed by atoms with E-state index in [0.717, 1.165) is 12.5 Å².